The number of benzene rings is 1. The quantitative estimate of drug-likeness (QED) is 0.779. The first-order chi connectivity index (χ1) is 11.0. The van der Waals surface area contributed by atoms with Crippen LogP contribution in [0.2, 0.25) is 0 Å². The number of hydrogen-bond donors (Lipinski definition) is 0. The molecule has 23 heavy (non-hydrogen) atoms. The highest BCUT2D eigenvalue weighted by molar-refractivity contribution is 6.12. The standard InChI is InChI=1S/C17H19N3O3/c1-17-9-5-10-19(17)16(23)20(15(17)22)13-8-11-18(14(13)21)12-6-3-2-4-7-12/h2-4,6-7,13H,5,8-11H2,1H3/t13-,17+/m0/s1. The van der Waals surface area contributed by atoms with Crippen molar-refractivity contribution >= 4 is 23.5 Å². The summed E-state index contributed by atoms with van der Waals surface area (Å²) in [5.41, 5.74) is 0.0585. The van der Waals surface area contributed by atoms with E-state index in [1.54, 1.807) is 9.80 Å². The molecule has 1 aromatic rings. The highest BCUT2D eigenvalue weighted by atomic mass is 16.2. The molecule has 0 bridgehead atoms. The van der Waals surface area contributed by atoms with E-state index in [1.807, 2.05) is 37.3 Å². The second kappa shape index (κ2) is 4.81. The van der Waals surface area contributed by atoms with Crippen LogP contribution in [0.4, 0.5) is 10.5 Å². The van der Waals surface area contributed by atoms with Gasteiger partial charge in [0, 0.05) is 18.8 Å². The maximum atomic E-state index is 12.8. The fourth-order valence-electron chi connectivity index (χ4n) is 4.01. The average Bonchev–Trinajstić information content (AvgIpc) is 3.17. The van der Waals surface area contributed by atoms with Gasteiger partial charge in [-0.05, 0) is 38.3 Å². The van der Waals surface area contributed by atoms with Crippen molar-refractivity contribution in [3.8, 4) is 0 Å². The van der Waals surface area contributed by atoms with Crippen LogP contribution in [0.5, 0.6) is 0 Å². The molecule has 0 radical (unpaired) electrons. The molecule has 4 rings (SSSR count). The van der Waals surface area contributed by atoms with E-state index in [-0.39, 0.29) is 17.8 Å². The number of imide groups is 1. The van der Waals surface area contributed by atoms with Gasteiger partial charge in [0.15, 0.2) is 0 Å². The summed E-state index contributed by atoms with van der Waals surface area (Å²) in [6, 6.07) is 8.41. The van der Waals surface area contributed by atoms with Gasteiger partial charge in [-0.3, -0.25) is 9.59 Å². The Morgan fingerprint density at radius 3 is 2.52 bits per heavy atom. The molecule has 0 spiro atoms. The molecule has 3 fully saturated rings. The van der Waals surface area contributed by atoms with Gasteiger partial charge in [0.2, 0.25) is 5.91 Å². The Hall–Kier alpha value is -2.37. The highest BCUT2D eigenvalue weighted by Crippen LogP contribution is 2.39. The molecule has 6 heteroatoms. The number of urea groups is 1. The van der Waals surface area contributed by atoms with E-state index in [9.17, 15) is 14.4 Å². The van der Waals surface area contributed by atoms with E-state index < -0.39 is 11.6 Å². The number of anilines is 1. The number of hydrogen-bond acceptors (Lipinski definition) is 3. The van der Waals surface area contributed by atoms with Crippen molar-refractivity contribution in [3.05, 3.63) is 30.3 Å². The molecule has 120 valence electrons. The summed E-state index contributed by atoms with van der Waals surface area (Å²) in [6.07, 6.45) is 2.02. The summed E-state index contributed by atoms with van der Waals surface area (Å²) in [7, 11) is 0. The molecule has 4 amide bonds. The molecule has 0 unspecified atom stereocenters. The van der Waals surface area contributed by atoms with E-state index in [1.165, 1.54) is 4.90 Å². The number of amides is 4. The van der Waals surface area contributed by atoms with E-state index in [2.05, 4.69) is 0 Å². The fraction of sp³-hybridized carbons (Fsp3) is 0.471. The summed E-state index contributed by atoms with van der Waals surface area (Å²) in [5.74, 6) is -0.379. The van der Waals surface area contributed by atoms with Crippen LogP contribution in [0.1, 0.15) is 26.2 Å². The summed E-state index contributed by atoms with van der Waals surface area (Å²) < 4.78 is 0. The minimum atomic E-state index is -0.752. The van der Waals surface area contributed by atoms with Gasteiger partial charge in [-0.1, -0.05) is 18.2 Å². The normalized spacial score (nSPS) is 30.6. The van der Waals surface area contributed by atoms with Crippen LogP contribution < -0.4 is 4.90 Å². The predicted molar refractivity (Wildman–Crippen MR) is 83.8 cm³/mol. The second-order valence-electron chi connectivity index (χ2n) is 6.62. The first-order valence-electron chi connectivity index (χ1n) is 8.06. The smallest absolute Gasteiger partial charge is 0.311 e. The second-order valence-corrected chi connectivity index (χ2v) is 6.62. The molecule has 1 aromatic carbocycles. The van der Waals surface area contributed by atoms with Gasteiger partial charge >= 0.3 is 6.03 Å². The van der Waals surface area contributed by atoms with Crippen molar-refractivity contribution in [1.29, 1.82) is 0 Å². The number of carbonyl (C=O) groups is 3. The third-order valence-corrected chi connectivity index (χ3v) is 5.31. The summed E-state index contributed by atoms with van der Waals surface area (Å²) in [5, 5.41) is 0. The molecule has 2 atom stereocenters. The molecule has 3 saturated heterocycles. The van der Waals surface area contributed by atoms with Crippen LogP contribution in [0, 0.1) is 0 Å². The minimum Gasteiger partial charge on any atom is -0.311 e. The lowest BCUT2D eigenvalue weighted by Crippen LogP contribution is -2.47. The van der Waals surface area contributed by atoms with E-state index in [4.69, 9.17) is 0 Å². The molecule has 0 N–H and O–H groups in total. The Kier molecular flexibility index (Phi) is 2.98. The lowest BCUT2D eigenvalue weighted by Gasteiger charge is -2.23. The molecule has 0 saturated carbocycles. The Balaban J connectivity index is 1.62. The van der Waals surface area contributed by atoms with Crippen molar-refractivity contribution in [3.63, 3.8) is 0 Å². The topological polar surface area (TPSA) is 60.9 Å². The maximum Gasteiger partial charge on any atom is 0.328 e. The van der Waals surface area contributed by atoms with Crippen molar-refractivity contribution in [1.82, 2.24) is 9.80 Å². The van der Waals surface area contributed by atoms with Crippen molar-refractivity contribution in [2.45, 2.75) is 37.8 Å². The zero-order chi connectivity index (χ0) is 16.2. The third kappa shape index (κ3) is 1.84. The number of fused-ring (bicyclic) bond motifs is 1. The summed E-state index contributed by atoms with van der Waals surface area (Å²) >= 11 is 0. The molecule has 6 nitrogen and oxygen atoms in total. The van der Waals surface area contributed by atoms with Gasteiger partial charge < -0.3 is 9.80 Å². The Labute approximate surface area is 134 Å². The van der Waals surface area contributed by atoms with Crippen molar-refractivity contribution < 1.29 is 14.4 Å². The van der Waals surface area contributed by atoms with Crippen LogP contribution in [0.25, 0.3) is 0 Å². The number of nitrogens with zero attached hydrogens (tertiary/aromatic N) is 3. The molecule has 3 heterocycles. The van der Waals surface area contributed by atoms with E-state index in [0.717, 1.165) is 12.1 Å². The molecule has 0 aliphatic carbocycles. The molecular formula is C17H19N3O3. The fourth-order valence-corrected chi connectivity index (χ4v) is 4.01. The summed E-state index contributed by atoms with van der Waals surface area (Å²) in [6.45, 7) is 2.94. The van der Waals surface area contributed by atoms with Crippen molar-refractivity contribution in [2.24, 2.45) is 0 Å². The number of rotatable bonds is 2. The van der Waals surface area contributed by atoms with Gasteiger partial charge in [-0.2, -0.15) is 0 Å². The molecule has 3 aliphatic heterocycles. The van der Waals surface area contributed by atoms with E-state index >= 15 is 0 Å². The minimum absolute atomic E-state index is 0.164. The van der Waals surface area contributed by atoms with Crippen LogP contribution in [-0.2, 0) is 9.59 Å². The van der Waals surface area contributed by atoms with Gasteiger partial charge in [0.05, 0.1) is 0 Å². The Morgan fingerprint density at radius 1 is 1.09 bits per heavy atom. The monoisotopic (exact) mass is 313 g/mol. The number of para-hydroxylation sites is 1. The Morgan fingerprint density at radius 2 is 1.83 bits per heavy atom. The predicted octanol–water partition coefficient (Wildman–Crippen LogP) is 1.61. The zero-order valence-corrected chi connectivity index (χ0v) is 13.1. The van der Waals surface area contributed by atoms with Crippen LogP contribution in [0.15, 0.2) is 30.3 Å². The zero-order valence-electron chi connectivity index (χ0n) is 13.1. The van der Waals surface area contributed by atoms with Gasteiger partial charge in [-0.25, -0.2) is 9.69 Å². The molecule has 3 aliphatic rings. The molecular weight excluding hydrogens is 294 g/mol. The van der Waals surface area contributed by atoms with Crippen LogP contribution in [-0.4, -0.2) is 52.3 Å². The number of carbonyl (C=O) groups excluding carboxylic acids is 3. The maximum absolute atomic E-state index is 12.8. The third-order valence-electron chi connectivity index (χ3n) is 5.31. The lowest BCUT2D eigenvalue weighted by molar-refractivity contribution is -0.136. The van der Waals surface area contributed by atoms with Crippen molar-refractivity contribution in [2.75, 3.05) is 18.0 Å². The molecule has 0 aromatic heterocycles. The van der Waals surface area contributed by atoms with Crippen LogP contribution in [0.3, 0.4) is 0 Å². The lowest BCUT2D eigenvalue weighted by atomic mass is 9.99. The van der Waals surface area contributed by atoms with Gasteiger partial charge in [-0.15, -0.1) is 0 Å². The average molecular weight is 313 g/mol. The van der Waals surface area contributed by atoms with Crippen LogP contribution >= 0.6 is 0 Å². The Bertz CT molecular complexity index is 690. The SMILES string of the molecule is C[C@]12CCCN1C(=O)N([C@H]1CCN(c3ccccc3)C1=O)C2=O. The first kappa shape index (κ1) is 14.2. The highest BCUT2D eigenvalue weighted by Gasteiger charge is 2.59. The summed E-state index contributed by atoms with van der Waals surface area (Å²) in [4.78, 5) is 42.7. The first-order valence-corrected chi connectivity index (χ1v) is 8.06. The largest absolute Gasteiger partial charge is 0.328 e. The van der Waals surface area contributed by atoms with Gasteiger partial charge in [0.25, 0.3) is 5.91 Å². The van der Waals surface area contributed by atoms with Gasteiger partial charge in [0.1, 0.15) is 11.6 Å². The van der Waals surface area contributed by atoms with E-state index in [0.29, 0.717) is 25.9 Å².